The molecular formula is C12H17ClO5S2. The molecule has 0 atom stereocenters. The van der Waals surface area contributed by atoms with Gasteiger partial charge < -0.3 is 4.74 Å². The molecule has 1 aromatic rings. The Hall–Kier alpha value is -0.790. The molecule has 0 aliphatic rings. The number of hydrogen-bond acceptors (Lipinski definition) is 5. The molecule has 0 fully saturated rings. The monoisotopic (exact) mass is 340 g/mol. The lowest BCUT2D eigenvalue weighted by Crippen LogP contribution is -2.19. The maximum Gasteiger partial charge on any atom is 0.155 e. The second kappa shape index (κ2) is 6.78. The minimum Gasteiger partial charge on any atom is -0.495 e. The van der Waals surface area contributed by atoms with Crippen LogP contribution in [-0.2, 0) is 25.4 Å². The minimum atomic E-state index is -3.49. The Morgan fingerprint density at radius 1 is 1.10 bits per heavy atom. The van der Waals surface area contributed by atoms with Crippen LogP contribution in [0, 0.1) is 0 Å². The molecule has 1 aromatic carbocycles. The second-order valence-electron chi connectivity index (χ2n) is 4.30. The Morgan fingerprint density at radius 3 is 2.25 bits per heavy atom. The van der Waals surface area contributed by atoms with Crippen LogP contribution in [0.4, 0.5) is 0 Å². The molecule has 0 saturated heterocycles. The van der Waals surface area contributed by atoms with E-state index in [0.717, 1.165) is 0 Å². The number of ether oxygens (including phenoxy) is 1. The van der Waals surface area contributed by atoms with Crippen molar-refractivity contribution in [1.82, 2.24) is 0 Å². The molecule has 0 saturated carbocycles. The highest BCUT2D eigenvalue weighted by molar-refractivity contribution is 7.94. The molecule has 0 aliphatic carbocycles. The number of methoxy groups -OCH3 is 1. The molecule has 20 heavy (non-hydrogen) atoms. The maximum atomic E-state index is 11.9. The third-order valence-corrected chi connectivity index (χ3v) is 6.62. The molecule has 0 heterocycles. The van der Waals surface area contributed by atoms with Crippen LogP contribution in [0.2, 0.25) is 5.02 Å². The quantitative estimate of drug-likeness (QED) is 0.755. The van der Waals surface area contributed by atoms with E-state index in [2.05, 4.69) is 0 Å². The topological polar surface area (TPSA) is 77.5 Å². The van der Waals surface area contributed by atoms with Gasteiger partial charge >= 0.3 is 0 Å². The fraction of sp³-hybridized carbons (Fsp3) is 0.500. The summed E-state index contributed by atoms with van der Waals surface area (Å²) < 4.78 is 51.5. The summed E-state index contributed by atoms with van der Waals surface area (Å²) in [5.74, 6) is -0.637. The highest BCUT2D eigenvalue weighted by atomic mass is 35.5. The van der Waals surface area contributed by atoms with Crippen molar-refractivity contribution in [3.8, 4) is 5.75 Å². The van der Waals surface area contributed by atoms with Crippen LogP contribution in [0.3, 0.4) is 0 Å². The SMILES string of the molecule is CCS(=O)(=O)CCS(=O)(=O)Cc1ccc(Cl)c(OC)c1. The first-order valence-corrected chi connectivity index (χ1v) is 9.94. The summed E-state index contributed by atoms with van der Waals surface area (Å²) in [5, 5.41) is 0.391. The average Bonchev–Trinajstić information content (AvgIpc) is 2.39. The van der Waals surface area contributed by atoms with Crippen LogP contribution in [0.25, 0.3) is 0 Å². The standard InChI is InChI=1S/C12H17ClO5S2/c1-3-19(14,15)6-7-20(16,17)9-10-4-5-11(13)12(8-10)18-2/h4-5,8H,3,6-7,9H2,1-2H3. The molecule has 8 heteroatoms. The van der Waals surface area contributed by atoms with Crippen molar-refractivity contribution >= 4 is 31.3 Å². The van der Waals surface area contributed by atoms with Gasteiger partial charge in [-0.05, 0) is 17.7 Å². The molecular weight excluding hydrogens is 324 g/mol. The van der Waals surface area contributed by atoms with E-state index in [1.54, 1.807) is 12.1 Å². The van der Waals surface area contributed by atoms with E-state index in [1.165, 1.54) is 20.1 Å². The zero-order valence-electron chi connectivity index (χ0n) is 11.3. The number of hydrogen-bond donors (Lipinski definition) is 0. The van der Waals surface area contributed by atoms with Gasteiger partial charge in [-0.15, -0.1) is 0 Å². The smallest absolute Gasteiger partial charge is 0.155 e. The number of halogens is 1. The van der Waals surface area contributed by atoms with E-state index in [1.807, 2.05) is 0 Å². The lowest BCUT2D eigenvalue weighted by molar-refractivity contribution is 0.414. The summed E-state index contributed by atoms with van der Waals surface area (Å²) >= 11 is 5.85. The first-order chi connectivity index (χ1) is 9.19. The van der Waals surface area contributed by atoms with Crippen LogP contribution in [0.1, 0.15) is 12.5 Å². The van der Waals surface area contributed by atoms with Gasteiger partial charge in [-0.3, -0.25) is 0 Å². The fourth-order valence-corrected chi connectivity index (χ4v) is 4.86. The lowest BCUT2D eigenvalue weighted by atomic mass is 10.2. The third-order valence-electron chi connectivity index (χ3n) is 2.75. The van der Waals surface area contributed by atoms with Gasteiger partial charge in [-0.2, -0.15) is 0 Å². The predicted octanol–water partition coefficient (Wildman–Crippen LogP) is 1.70. The Bertz CT molecular complexity index is 665. The van der Waals surface area contributed by atoms with Crippen molar-refractivity contribution in [2.24, 2.45) is 0 Å². The van der Waals surface area contributed by atoms with Crippen molar-refractivity contribution in [3.05, 3.63) is 28.8 Å². The summed E-state index contributed by atoms with van der Waals surface area (Å²) in [5.41, 5.74) is 0.514. The number of sulfone groups is 2. The van der Waals surface area contributed by atoms with E-state index >= 15 is 0 Å². The Morgan fingerprint density at radius 2 is 1.70 bits per heavy atom. The van der Waals surface area contributed by atoms with Crippen molar-refractivity contribution in [3.63, 3.8) is 0 Å². The summed E-state index contributed by atoms with van der Waals surface area (Å²) in [6.45, 7) is 1.49. The van der Waals surface area contributed by atoms with E-state index < -0.39 is 19.7 Å². The van der Waals surface area contributed by atoms with Crippen LogP contribution >= 0.6 is 11.6 Å². The molecule has 0 aromatic heterocycles. The Balaban J connectivity index is 2.81. The lowest BCUT2D eigenvalue weighted by Gasteiger charge is -2.08. The van der Waals surface area contributed by atoms with Gasteiger partial charge in [-0.1, -0.05) is 24.6 Å². The van der Waals surface area contributed by atoms with Crippen LogP contribution in [0.15, 0.2) is 18.2 Å². The zero-order chi connectivity index (χ0) is 15.4. The molecule has 114 valence electrons. The molecule has 0 aliphatic heterocycles. The van der Waals surface area contributed by atoms with Crippen molar-refractivity contribution in [2.45, 2.75) is 12.7 Å². The van der Waals surface area contributed by atoms with Crippen LogP contribution < -0.4 is 4.74 Å². The predicted molar refractivity (Wildman–Crippen MR) is 79.8 cm³/mol. The molecule has 5 nitrogen and oxygen atoms in total. The highest BCUT2D eigenvalue weighted by Crippen LogP contribution is 2.25. The number of benzene rings is 1. The molecule has 0 unspecified atom stereocenters. The molecule has 0 radical (unpaired) electrons. The van der Waals surface area contributed by atoms with E-state index in [9.17, 15) is 16.8 Å². The largest absolute Gasteiger partial charge is 0.495 e. The van der Waals surface area contributed by atoms with Gasteiger partial charge in [0.2, 0.25) is 0 Å². The summed E-state index contributed by atoms with van der Waals surface area (Å²) in [7, 11) is -5.35. The van der Waals surface area contributed by atoms with Crippen molar-refractivity contribution in [1.29, 1.82) is 0 Å². The second-order valence-corrected chi connectivity index (χ2v) is 9.36. The highest BCUT2D eigenvalue weighted by Gasteiger charge is 2.18. The van der Waals surface area contributed by atoms with Crippen molar-refractivity contribution in [2.75, 3.05) is 24.4 Å². The van der Waals surface area contributed by atoms with Crippen LogP contribution in [-0.4, -0.2) is 41.2 Å². The van der Waals surface area contributed by atoms with E-state index in [-0.39, 0.29) is 23.0 Å². The van der Waals surface area contributed by atoms with Gasteiger partial charge in [0.15, 0.2) is 19.7 Å². The van der Waals surface area contributed by atoms with Gasteiger partial charge in [-0.25, -0.2) is 16.8 Å². The van der Waals surface area contributed by atoms with Gasteiger partial charge in [0, 0.05) is 5.75 Å². The molecule has 0 bridgehead atoms. The summed E-state index contributed by atoms with van der Waals surface area (Å²) in [6, 6.07) is 4.67. The van der Waals surface area contributed by atoms with Gasteiger partial charge in [0.05, 0.1) is 29.4 Å². The van der Waals surface area contributed by atoms with Crippen molar-refractivity contribution < 1.29 is 21.6 Å². The normalized spacial score (nSPS) is 12.3. The minimum absolute atomic E-state index is 0.0582. The van der Waals surface area contributed by atoms with Gasteiger partial charge in [0.25, 0.3) is 0 Å². The van der Waals surface area contributed by atoms with Crippen LogP contribution in [0.5, 0.6) is 5.75 Å². The van der Waals surface area contributed by atoms with E-state index in [4.69, 9.17) is 16.3 Å². The summed E-state index contributed by atoms with van der Waals surface area (Å²) in [6.07, 6.45) is 0. The summed E-state index contributed by atoms with van der Waals surface area (Å²) in [4.78, 5) is 0. The molecule has 0 amide bonds. The molecule has 1 rings (SSSR count). The third kappa shape index (κ3) is 5.30. The zero-order valence-corrected chi connectivity index (χ0v) is 13.7. The Labute approximate surface area is 124 Å². The average molecular weight is 341 g/mol. The first kappa shape index (κ1) is 17.3. The molecule has 0 spiro atoms. The fourth-order valence-electron chi connectivity index (χ4n) is 1.52. The maximum absolute atomic E-state index is 11.9. The first-order valence-electron chi connectivity index (χ1n) is 5.92. The van der Waals surface area contributed by atoms with Gasteiger partial charge in [0.1, 0.15) is 5.75 Å². The molecule has 0 N–H and O–H groups in total. The van der Waals surface area contributed by atoms with E-state index in [0.29, 0.717) is 16.3 Å². The Kier molecular flexibility index (Phi) is 5.85. The number of rotatable bonds is 7.